The van der Waals surface area contributed by atoms with Gasteiger partial charge >= 0.3 is 0 Å². The number of nitrogens with one attached hydrogen (secondary N) is 1. The molecule has 1 N–H and O–H groups in total. The predicted octanol–water partition coefficient (Wildman–Crippen LogP) is 2.94. The Morgan fingerprint density at radius 1 is 1.32 bits per heavy atom. The van der Waals surface area contributed by atoms with Gasteiger partial charge in [0.1, 0.15) is 5.69 Å². The van der Waals surface area contributed by atoms with Crippen LogP contribution in [0, 0.1) is 6.92 Å². The third-order valence-electron chi connectivity index (χ3n) is 2.80. The zero-order chi connectivity index (χ0) is 13.7. The average molecular weight is 277 g/mol. The summed E-state index contributed by atoms with van der Waals surface area (Å²) in [5, 5.41) is 3.52. The van der Waals surface area contributed by atoms with E-state index in [-0.39, 0.29) is 6.04 Å². The SMILES string of the molecule is CCCNC(c1ccc(C)s1)c1nccnc1OC. The summed E-state index contributed by atoms with van der Waals surface area (Å²) in [5.74, 6) is 0.585. The van der Waals surface area contributed by atoms with Gasteiger partial charge < -0.3 is 10.1 Å². The molecular formula is C14H19N3OS. The highest BCUT2D eigenvalue weighted by Gasteiger charge is 2.21. The normalized spacial score (nSPS) is 12.4. The topological polar surface area (TPSA) is 47.0 Å². The van der Waals surface area contributed by atoms with Crippen LogP contribution >= 0.6 is 11.3 Å². The van der Waals surface area contributed by atoms with Crippen molar-refractivity contribution in [3.63, 3.8) is 0 Å². The number of aryl methyl sites for hydroxylation is 1. The number of ether oxygens (including phenoxy) is 1. The molecule has 2 aromatic heterocycles. The minimum atomic E-state index is 0.0438. The maximum atomic E-state index is 5.33. The molecule has 0 aliphatic heterocycles. The Morgan fingerprint density at radius 3 is 2.74 bits per heavy atom. The third-order valence-corrected chi connectivity index (χ3v) is 3.87. The molecule has 0 aliphatic rings. The summed E-state index contributed by atoms with van der Waals surface area (Å²) in [7, 11) is 1.63. The molecule has 102 valence electrons. The number of hydrogen-bond donors (Lipinski definition) is 1. The minimum Gasteiger partial charge on any atom is -0.480 e. The second-order valence-electron chi connectivity index (χ2n) is 4.29. The molecule has 0 aromatic carbocycles. The van der Waals surface area contributed by atoms with Crippen molar-refractivity contribution in [2.24, 2.45) is 0 Å². The second kappa shape index (κ2) is 6.63. The predicted molar refractivity (Wildman–Crippen MR) is 77.8 cm³/mol. The molecule has 0 spiro atoms. The van der Waals surface area contributed by atoms with Gasteiger partial charge in [-0.3, -0.25) is 4.98 Å². The van der Waals surface area contributed by atoms with Gasteiger partial charge in [-0.15, -0.1) is 11.3 Å². The van der Waals surface area contributed by atoms with Crippen LogP contribution in [0.3, 0.4) is 0 Å². The number of methoxy groups -OCH3 is 1. The molecule has 0 amide bonds. The van der Waals surface area contributed by atoms with E-state index in [4.69, 9.17) is 4.74 Å². The lowest BCUT2D eigenvalue weighted by molar-refractivity contribution is 0.383. The fourth-order valence-corrected chi connectivity index (χ4v) is 2.88. The van der Waals surface area contributed by atoms with E-state index in [1.807, 2.05) is 0 Å². The van der Waals surface area contributed by atoms with Crippen molar-refractivity contribution in [2.45, 2.75) is 26.3 Å². The Hall–Kier alpha value is -1.46. The van der Waals surface area contributed by atoms with Crippen molar-refractivity contribution in [1.82, 2.24) is 15.3 Å². The van der Waals surface area contributed by atoms with Crippen molar-refractivity contribution < 1.29 is 4.74 Å². The first-order valence-corrected chi connectivity index (χ1v) is 7.22. The molecule has 4 nitrogen and oxygen atoms in total. The van der Waals surface area contributed by atoms with Gasteiger partial charge in [-0.05, 0) is 32.0 Å². The summed E-state index contributed by atoms with van der Waals surface area (Å²) in [6.45, 7) is 5.19. The van der Waals surface area contributed by atoms with Crippen LogP contribution in [0.1, 0.15) is 34.8 Å². The van der Waals surface area contributed by atoms with E-state index in [2.05, 4.69) is 41.3 Å². The minimum absolute atomic E-state index is 0.0438. The molecule has 2 rings (SSSR count). The Balaban J connectivity index is 2.36. The van der Waals surface area contributed by atoms with Gasteiger partial charge in [-0.2, -0.15) is 0 Å². The van der Waals surface area contributed by atoms with Crippen LogP contribution < -0.4 is 10.1 Å². The summed E-state index contributed by atoms with van der Waals surface area (Å²) in [6, 6.07) is 4.31. The highest BCUT2D eigenvalue weighted by molar-refractivity contribution is 7.12. The quantitative estimate of drug-likeness (QED) is 0.882. The lowest BCUT2D eigenvalue weighted by Crippen LogP contribution is -2.24. The highest BCUT2D eigenvalue weighted by atomic mass is 32.1. The van der Waals surface area contributed by atoms with E-state index < -0.39 is 0 Å². The van der Waals surface area contributed by atoms with Crippen LogP contribution in [0.2, 0.25) is 0 Å². The Kier molecular flexibility index (Phi) is 4.87. The first-order chi connectivity index (χ1) is 9.26. The molecule has 5 heteroatoms. The van der Waals surface area contributed by atoms with E-state index in [1.54, 1.807) is 30.8 Å². The molecule has 0 fully saturated rings. The number of aromatic nitrogens is 2. The van der Waals surface area contributed by atoms with E-state index in [1.165, 1.54) is 9.75 Å². The molecule has 0 aliphatic carbocycles. The van der Waals surface area contributed by atoms with E-state index >= 15 is 0 Å². The standard InChI is InChI=1S/C14H19N3OS/c1-4-7-15-12(11-6-5-10(2)19-11)13-14(18-3)17-9-8-16-13/h5-6,8-9,12,15H,4,7H2,1-3H3. The van der Waals surface area contributed by atoms with E-state index in [0.717, 1.165) is 18.7 Å². The Morgan fingerprint density at radius 2 is 2.11 bits per heavy atom. The summed E-state index contributed by atoms with van der Waals surface area (Å²) in [5.41, 5.74) is 0.848. The number of rotatable bonds is 6. The number of hydrogen-bond acceptors (Lipinski definition) is 5. The van der Waals surface area contributed by atoms with Crippen molar-refractivity contribution in [3.05, 3.63) is 40.0 Å². The molecule has 1 atom stereocenters. The van der Waals surface area contributed by atoms with E-state index in [9.17, 15) is 0 Å². The number of thiophene rings is 1. The summed E-state index contributed by atoms with van der Waals surface area (Å²) in [4.78, 5) is 11.2. The van der Waals surface area contributed by atoms with Crippen LogP contribution in [0.4, 0.5) is 0 Å². The van der Waals surface area contributed by atoms with Crippen LogP contribution in [0.15, 0.2) is 24.5 Å². The molecule has 2 heterocycles. The van der Waals surface area contributed by atoms with Gasteiger partial charge in [0.05, 0.1) is 13.2 Å². The van der Waals surface area contributed by atoms with Gasteiger partial charge in [0, 0.05) is 22.1 Å². The molecule has 0 saturated heterocycles. The molecule has 0 radical (unpaired) electrons. The monoisotopic (exact) mass is 277 g/mol. The highest BCUT2D eigenvalue weighted by Crippen LogP contribution is 2.30. The van der Waals surface area contributed by atoms with Crippen molar-refractivity contribution in [3.8, 4) is 5.88 Å². The molecule has 0 bridgehead atoms. The summed E-state index contributed by atoms with van der Waals surface area (Å²) in [6.07, 6.45) is 4.43. The van der Waals surface area contributed by atoms with Gasteiger partial charge in [0.15, 0.2) is 0 Å². The van der Waals surface area contributed by atoms with Crippen LogP contribution in [-0.4, -0.2) is 23.6 Å². The summed E-state index contributed by atoms with van der Waals surface area (Å²) >= 11 is 1.77. The van der Waals surface area contributed by atoms with Crippen molar-refractivity contribution in [2.75, 3.05) is 13.7 Å². The average Bonchev–Trinajstić information content (AvgIpc) is 2.86. The lowest BCUT2D eigenvalue weighted by atomic mass is 10.1. The maximum absolute atomic E-state index is 5.33. The molecular weight excluding hydrogens is 258 g/mol. The molecule has 0 saturated carbocycles. The van der Waals surface area contributed by atoms with Crippen molar-refractivity contribution in [1.29, 1.82) is 0 Å². The maximum Gasteiger partial charge on any atom is 0.237 e. The first kappa shape index (κ1) is 14.0. The van der Waals surface area contributed by atoms with Crippen LogP contribution in [0.25, 0.3) is 0 Å². The van der Waals surface area contributed by atoms with E-state index in [0.29, 0.717) is 5.88 Å². The summed E-state index contributed by atoms with van der Waals surface area (Å²) < 4.78 is 5.33. The first-order valence-electron chi connectivity index (χ1n) is 6.40. The zero-order valence-corrected chi connectivity index (χ0v) is 12.3. The van der Waals surface area contributed by atoms with Gasteiger partial charge in [-0.1, -0.05) is 6.92 Å². The largest absolute Gasteiger partial charge is 0.480 e. The second-order valence-corrected chi connectivity index (χ2v) is 5.61. The van der Waals surface area contributed by atoms with Gasteiger partial charge in [0.25, 0.3) is 0 Å². The Labute approximate surface area is 117 Å². The lowest BCUT2D eigenvalue weighted by Gasteiger charge is -2.18. The van der Waals surface area contributed by atoms with Crippen molar-refractivity contribution >= 4 is 11.3 Å². The van der Waals surface area contributed by atoms with Gasteiger partial charge in [0.2, 0.25) is 5.88 Å². The van der Waals surface area contributed by atoms with Crippen LogP contribution in [-0.2, 0) is 0 Å². The third kappa shape index (κ3) is 3.30. The van der Waals surface area contributed by atoms with Gasteiger partial charge in [-0.25, -0.2) is 4.98 Å². The zero-order valence-electron chi connectivity index (χ0n) is 11.5. The number of nitrogens with zero attached hydrogens (tertiary/aromatic N) is 2. The molecule has 19 heavy (non-hydrogen) atoms. The van der Waals surface area contributed by atoms with Crippen LogP contribution in [0.5, 0.6) is 5.88 Å². The molecule has 1 unspecified atom stereocenters. The molecule has 2 aromatic rings. The smallest absolute Gasteiger partial charge is 0.237 e. The fraction of sp³-hybridized carbons (Fsp3) is 0.429. The Bertz CT molecular complexity index is 527. The fourth-order valence-electron chi connectivity index (χ4n) is 1.92.